The Morgan fingerprint density at radius 3 is 2.71 bits per heavy atom. The summed E-state index contributed by atoms with van der Waals surface area (Å²) in [7, 11) is -3.52. The second-order valence-corrected chi connectivity index (χ2v) is 5.01. The van der Waals surface area contributed by atoms with E-state index >= 15 is 0 Å². The Morgan fingerprint density at radius 1 is 1.41 bits per heavy atom. The van der Waals surface area contributed by atoms with E-state index < -0.39 is 10.0 Å². The highest BCUT2D eigenvalue weighted by molar-refractivity contribution is 7.89. The van der Waals surface area contributed by atoms with Crippen molar-refractivity contribution in [2.45, 2.75) is 6.92 Å². The fourth-order valence-electron chi connectivity index (χ4n) is 0.910. The Kier molecular flexibility index (Phi) is 4.85. The molecule has 0 amide bonds. The maximum Gasteiger partial charge on any atom is 0.322 e. The summed E-state index contributed by atoms with van der Waals surface area (Å²) in [5.41, 5.74) is 0. The summed E-state index contributed by atoms with van der Waals surface area (Å²) in [6.07, 6.45) is 0. The van der Waals surface area contributed by atoms with E-state index in [9.17, 15) is 8.42 Å². The fourth-order valence-corrected chi connectivity index (χ4v) is 1.45. The van der Waals surface area contributed by atoms with Gasteiger partial charge in [0.25, 0.3) is 0 Å². The molecular weight excluding hydrogens is 270 g/mol. The quantitative estimate of drug-likeness (QED) is 0.729. The van der Waals surface area contributed by atoms with Gasteiger partial charge in [-0.3, -0.25) is 0 Å². The molecule has 0 aliphatic heterocycles. The third kappa shape index (κ3) is 5.61. The SMILES string of the molecule is CCOc1nc(Cl)nc(NCCS(N)(=O)=O)n1. The van der Waals surface area contributed by atoms with Crippen LogP contribution in [0.25, 0.3) is 0 Å². The van der Waals surface area contributed by atoms with Crippen molar-refractivity contribution in [2.75, 3.05) is 24.2 Å². The van der Waals surface area contributed by atoms with Crippen LogP contribution in [-0.2, 0) is 10.0 Å². The summed E-state index contributed by atoms with van der Waals surface area (Å²) in [5, 5.41) is 7.45. The number of primary sulfonamides is 1. The highest BCUT2D eigenvalue weighted by Crippen LogP contribution is 2.10. The minimum Gasteiger partial charge on any atom is -0.464 e. The van der Waals surface area contributed by atoms with Gasteiger partial charge in [-0.05, 0) is 18.5 Å². The van der Waals surface area contributed by atoms with Crippen LogP contribution in [0, 0.1) is 0 Å². The van der Waals surface area contributed by atoms with Gasteiger partial charge in [0, 0.05) is 6.54 Å². The second kappa shape index (κ2) is 5.94. The predicted molar refractivity (Wildman–Crippen MR) is 62.5 cm³/mol. The van der Waals surface area contributed by atoms with Gasteiger partial charge in [-0.2, -0.15) is 15.0 Å². The van der Waals surface area contributed by atoms with Crippen LogP contribution in [0.5, 0.6) is 6.01 Å². The lowest BCUT2D eigenvalue weighted by molar-refractivity contribution is 0.312. The molecule has 1 rings (SSSR count). The third-order valence-electron chi connectivity index (χ3n) is 1.53. The Hall–Kier alpha value is -1.19. The first-order valence-corrected chi connectivity index (χ1v) is 6.79. The molecule has 1 heterocycles. The first-order chi connectivity index (χ1) is 7.90. The number of hydrogen-bond acceptors (Lipinski definition) is 7. The molecule has 0 saturated carbocycles. The average Bonchev–Trinajstić information content (AvgIpc) is 2.15. The predicted octanol–water partition coefficient (Wildman–Crippen LogP) is -0.376. The Morgan fingerprint density at radius 2 is 2.12 bits per heavy atom. The lowest BCUT2D eigenvalue weighted by Crippen LogP contribution is -2.23. The van der Waals surface area contributed by atoms with Crippen LogP contribution in [0.1, 0.15) is 6.92 Å². The van der Waals surface area contributed by atoms with E-state index in [0.29, 0.717) is 6.61 Å². The standard InChI is InChI=1S/C7H12ClN5O3S/c1-2-16-7-12-5(8)11-6(13-7)10-3-4-17(9,14)15/h2-4H2,1H3,(H2,9,14,15)(H,10,11,12,13). The maximum atomic E-state index is 10.7. The van der Waals surface area contributed by atoms with Gasteiger partial charge in [0.05, 0.1) is 12.4 Å². The molecule has 0 radical (unpaired) electrons. The highest BCUT2D eigenvalue weighted by atomic mass is 35.5. The van der Waals surface area contributed by atoms with Crippen LogP contribution in [0.2, 0.25) is 5.28 Å². The highest BCUT2D eigenvalue weighted by Gasteiger charge is 2.07. The number of sulfonamides is 1. The summed E-state index contributed by atoms with van der Waals surface area (Å²) in [4.78, 5) is 11.3. The summed E-state index contributed by atoms with van der Waals surface area (Å²) in [6.45, 7) is 2.23. The number of nitrogens with zero attached hydrogens (tertiary/aromatic N) is 3. The molecule has 0 unspecified atom stereocenters. The molecule has 0 spiro atoms. The van der Waals surface area contributed by atoms with Crippen LogP contribution in [0.15, 0.2) is 0 Å². The van der Waals surface area contributed by atoms with Gasteiger partial charge in [0.2, 0.25) is 21.3 Å². The average molecular weight is 282 g/mol. The first kappa shape index (κ1) is 13.9. The van der Waals surface area contributed by atoms with Crippen LogP contribution in [0.4, 0.5) is 5.95 Å². The van der Waals surface area contributed by atoms with E-state index in [0.717, 1.165) is 0 Å². The summed E-state index contributed by atoms with van der Waals surface area (Å²) >= 11 is 5.63. The normalized spacial score (nSPS) is 11.2. The van der Waals surface area contributed by atoms with Crippen molar-refractivity contribution in [2.24, 2.45) is 5.14 Å². The van der Waals surface area contributed by atoms with Crippen molar-refractivity contribution in [1.29, 1.82) is 0 Å². The van der Waals surface area contributed by atoms with Crippen molar-refractivity contribution < 1.29 is 13.2 Å². The zero-order chi connectivity index (χ0) is 12.9. The number of nitrogens with one attached hydrogen (secondary N) is 1. The van der Waals surface area contributed by atoms with Gasteiger partial charge >= 0.3 is 6.01 Å². The zero-order valence-electron chi connectivity index (χ0n) is 9.05. The molecule has 1 aromatic heterocycles. The number of aromatic nitrogens is 3. The molecule has 0 aromatic carbocycles. The number of nitrogens with two attached hydrogens (primary N) is 1. The lowest BCUT2D eigenvalue weighted by atomic mass is 10.7. The lowest BCUT2D eigenvalue weighted by Gasteiger charge is -2.05. The number of anilines is 1. The molecule has 96 valence electrons. The number of halogens is 1. The molecule has 0 aliphatic carbocycles. The minimum atomic E-state index is -3.52. The summed E-state index contributed by atoms with van der Waals surface area (Å²) in [6, 6.07) is 0.0746. The Bertz CT molecular complexity index is 480. The van der Waals surface area contributed by atoms with Crippen molar-refractivity contribution in [1.82, 2.24) is 15.0 Å². The molecule has 10 heteroatoms. The second-order valence-electron chi connectivity index (χ2n) is 2.94. The molecule has 0 bridgehead atoms. The molecule has 3 N–H and O–H groups in total. The zero-order valence-corrected chi connectivity index (χ0v) is 10.6. The molecule has 8 nitrogen and oxygen atoms in total. The van der Waals surface area contributed by atoms with Crippen molar-refractivity contribution in [3.8, 4) is 6.01 Å². The number of hydrogen-bond donors (Lipinski definition) is 2. The largest absolute Gasteiger partial charge is 0.464 e. The van der Waals surface area contributed by atoms with E-state index in [2.05, 4.69) is 20.3 Å². The van der Waals surface area contributed by atoms with Crippen LogP contribution < -0.4 is 15.2 Å². The monoisotopic (exact) mass is 281 g/mol. The van der Waals surface area contributed by atoms with E-state index in [-0.39, 0.29) is 29.5 Å². The fraction of sp³-hybridized carbons (Fsp3) is 0.571. The smallest absolute Gasteiger partial charge is 0.322 e. The van der Waals surface area contributed by atoms with Crippen molar-refractivity contribution >= 4 is 27.6 Å². The van der Waals surface area contributed by atoms with E-state index in [1.807, 2.05) is 0 Å². The first-order valence-electron chi connectivity index (χ1n) is 4.69. The molecule has 0 fully saturated rings. The van der Waals surface area contributed by atoms with Crippen LogP contribution >= 0.6 is 11.6 Å². The van der Waals surface area contributed by atoms with E-state index in [1.165, 1.54) is 0 Å². The molecule has 0 saturated heterocycles. The topological polar surface area (TPSA) is 120 Å². The summed E-state index contributed by atoms with van der Waals surface area (Å²) < 4.78 is 26.4. The van der Waals surface area contributed by atoms with E-state index in [1.54, 1.807) is 6.92 Å². The third-order valence-corrected chi connectivity index (χ3v) is 2.47. The van der Waals surface area contributed by atoms with Gasteiger partial charge in [-0.15, -0.1) is 0 Å². The maximum absolute atomic E-state index is 10.7. The van der Waals surface area contributed by atoms with Gasteiger partial charge < -0.3 is 10.1 Å². The van der Waals surface area contributed by atoms with Gasteiger partial charge in [0.15, 0.2) is 0 Å². The van der Waals surface area contributed by atoms with Gasteiger partial charge in [-0.25, -0.2) is 13.6 Å². The van der Waals surface area contributed by atoms with Gasteiger partial charge in [0.1, 0.15) is 0 Å². The Balaban J connectivity index is 2.64. The molecule has 0 aliphatic rings. The molecule has 1 aromatic rings. The van der Waals surface area contributed by atoms with Gasteiger partial charge in [-0.1, -0.05) is 0 Å². The van der Waals surface area contributed by atoms with Crippen molar-refractivity contribution in [3.05, 3.63) is 5.28 Å². The van der Waals surface area contributed by atoms with Crippen LogP contribution in [-0.4, -0.2) is 42.3 Å². The van der Waals surface area contributed by atoms with E-state index in [4.69, 9.17) is 21.5 Å². The molecule has 0 atom stereocenters. The number of ether oxygens (including phenoxy) is 1. The Labute approximate surface area is 104 Å². The molecule has 17 heavy (non-hydrogen) atoms. The van der Waals surface area contributed by atoms with Crippen molar-refractivity contribution in [3.63, 3.8) is 0 Å². The minimum absolute atomic E-state index is 0.0402. The van der Waals surface area contributed by atoms with Crippen LogP contribution in [0.3, 0.4) is 0 Å². The number of rotatable bonds is 6. The summed E-state index contributed by atoms with van der Waals surface area (Å²) in [5.74, 6) is -0.0996. The molecular formula is C7H12ClN5O3S.